The summed E-state index contributed by atoms with van der Waals surface area (Å²) >= 11 is 1.65. The fourth-order valence-electron chi connectivity index (χ4n) is 2.80. The SMILES string of the molecule is COCCNC(=O)Cn1nc2c(c1NC(=O)c1ccccc1[N+](=O)[O-])CSC2. The number of rotatable bonds is 8. The maximum Gasteiger partial charge on any atom is 0.282 e. The lowest BCUT2D eigenvalue weighted by molar-refractivity contribution is -0.385. The number of aromatic nitrogens is 2. The van der Waals surface area contributed by atoms with Crippen LogP contribution in [0.25, 0.3) is 0 Å². The van der Waals surface area contributed by atoms with Crippen molar-refractivity contribution in [1.29, 1.82) is 0 Å². The number of carbonyl (C=O) groups excluding carboxylic acids is 2. The minimum atomic E-state index is -0.618. The maximum atomic E-state index is 12.7. The van der Waals surface area contributed by atoms with Crippen molar-refractivity contribution in [3.63, 3.8) is 0 Å². The van der Waals surface area contributed by atoms with Crippen LogP contribution >= 0.6 is 11.8 Å². The standard InChI is InChI=1S/C17H19N5O5S/c1-27-7-6-18-15(23)8-21-16(12-9-28-10-13(12)20-21)19-17(24)11-4-2-3-5-14(11)22(25)26/h2-5H,6-10H2,1H3,(H,18,23)(H,19,24). The van der Waals surface area contributed by atoms with Gasteiger partial charge in [-0.1, -0.05) is 12.1 Å². The molecule has 1 aromatic carbocycles. The van der Waals surface area contributed by atoms with E-state index in [1.165, 1.54) is 30.0 Å². The average molecular weight is 405 g/mol. The Morgan fingerprint density at radius 2 is 2.14 bits per heavy atom. The van der Waals surface area contributed by atoms with Gasteiger partial charge in [-0.05, 0) is 6.07 Å². The number of hydrogen-bond donors (Lipinski definition) is 2. The van der Waals surface area contributed by atoms with Crippen molar-refractivity contribution in [3.8, 4) is 0 Å². The third-order valence-electron chi connectivity index (χ3n) is 4.12. The van der Waals surface area contributed by atoms with Gasteiger partial charge in [0.1, 0.15) is 17.9 Å². The molecule has 148 valence electrons. The number of ether oxygens (including phenoxy) is 1. The quantitative estimate of drug-likeness (QED) is 0.387. The number of carbonyl (C=O) groups is 2. The van der Waals surface area contributed by atoms with Gasteiger partial charge in [-0.3, -0.25) is 19.7 Å². The Hall–Kier alpha value is -2.92. The molecule has 0 radical (unpaired) electrons. The summed E-state index contributed by atoms with van der Waals surface area (Å²) in [7, 11) is 1.54. The second-order valence-electron chi connectivity index (χ2n) is 6.00. The second kappa shape index (κ2) is 8.85. The molecule has 2 heterocycles. The van der Waals surface area contributed by atoms with Crippen LogP contribution in [0.3, 0.4) is 0 Å². The molecule has 10 nitrogen and oxygen atoms in total. The van der Waals surface area contributed by atoms with E-state index in [9.17, 15) is 19.7 Å². The number of nitrogens with zero attached hydrogens (tertiary/aromatic N) is 3. The number of para-hydroxylation sites is 1. The number of anilines is 1. The van der Waals surface area contributed by atoms with Gasteiger partial charge in [-0.2, -0.15) is 16.9 Å². The third-order valence-corrected chi connectivity index (χ3v) is 5.09. The van der Waals surface area contributed by atoms with E-state index in [0.717, 1.165) is 11.3 Å². The molecule has 0 saturated carbocycles. The zero-order chi connectivity index (χ0) is 20.1. The Labute approximate surface area is 164 Å². The summed E-state index contributed by atoms with van der Waals surface area (Å²) in [6.45, 7) is 0.678. The molecule has 1 aliphatic heterocycles. The Kier molecular flexibility index (Phi) is 6.26. The van der Waals surface area contributed by atoms with Crippen LogP contribution in [0.1, 0.15) is 21.6 Å². The molecule has 0 aliphatic carbocycles. The lowest BCUT2D eigenvalue weighted by Crippen LogP contribution is -2.31. The molecule has 28 heavy (non-hydrogen) atoms. The van der Waals surface area contributed by atoms with Gasteiger partial charge in [0.05, 0.1) is 17.2 Å². The van der Waals surface area contributed by atoms with Crippen molar-refractivity contribution < 1.29 is 19.2 Å². The number of thioether (sulfide) groups is 1. The number of nitro benzene ring substituents is 1. The number of nitrogens with one attached hydrogen (secondary N) is 2. The highest BCUT2D eigenvalue weighted by Crippen LogP contribution is 2.35. The monoisotopic (exact) mass is 405 g/mol. The molecule has 0 atom stereocenters. The molecule has 0 spiro atoms. The minimum absolute atomic E-state index is 0.0517. The summed E-state index contributed by atoms with van der Waals surface area (Å²) < 4.78 is 6.33. The second-order valence-corrected chi connectivity index (χ2v) is 6.98. The van der Waals surface area contributed by atoms with Gasteiger partial charge in [-0.15, -0.1) is 0 Å². The van der Waals surface area contributed by atoms with Gasteiger partial charge in [-0.25, -0.2) is 4.68 Å². The van der Waals surface area contributed by atoms with Crippen LogP contribution in [0.5, 0.6) is 0 Å². The highest BCUT2D eigenvalue weighted by atomic mass is 32.2. The number of benzene rings is 1. The maximum absolute atomic E-state index is 12.7. The molecule has 0 saturated heterocycles. The van der Waals surface area contributed by atoms with Crippen LogP contribution in [0.4, 0.5) is 11.5 Å². The molecule has 2 N–H and O–H groups in total. The fraction of sp³-hybridized carbons (Fsp3) is 0.353. The molecule has 11 heteroatoms. The van der Waals surface area contributed by atoms with Gasteiger partial charge in [0.2, 0.25) is 5.91 Å². The van der Waals surface area contributed by atoms with Crippen LogP contribution in [-0.2, 0) is 27.6 Å². The molecule has 2 amide bonds. The highest BCUT2D eigenvalue weighted by Gasteiger charge is 2.27. The van der Waals surface area contributed by atoms with E-state index in [0.29, 0.717) is 30.5 Å². The summed E-state index contributed by atoms with van der Waals surface area (Å²) in [5, 5.41) is 21.0. The van der Waals surface area contributed by atoms with Crippen molar-refractivity contribution in [2.75, 3.05) is 25.6 Å². The Bertz CT molecular complexity index is 913. The van der Waals surface area contributed by atoms with Gasteiger partial charge in [0.15, 0.2) is 0 Å². The first-order chi connectivity index (χ1) is 13.5. The minimum Gasteiger partial charge on any atom is -0.383 e. The van der Waals surface area contributed by atoms with Crippen molar-refractivity contribution in [3.05, 3.63) is 51.2 Å². The molecule has 0 unspecified atom stereocenters. The molecule has 0 fully saturated rings. The van der Waals surface area contributed by atoms with E-state index in [1.54, 1.807) is 17.8 Å². The van der Waals surface area contributed by atoms with Crippen molar-refractivity contribution in [1.82, 2.24) is 15.1 Å². The number of hydrogen-bond acceptors (Lipinski definition) is 7. The molecule has 1 aliphatic rings. The lowest BCUT2D eigenvalue weighted by atomic mass is 10.1. The van der Waals surface area contributed by atoms with E-state index >= 15 is 0 Å². The summed E-state index contributed by atoms with van der Waals surface area (Å²) in [5.74, 6) is 0.833. The first-order valence-corrected chi connectivity index (χ1v) is 9.63. The fourth-order valence-corrected chi connectivity index (χ4v) is 3.84. The first-order valence-electron chi connectivity index (χ1n) is 8.48. The Morgan fingerprint density at radius 3 is 2.89 bits per heavy atom. The topological polar surface area (TPSA) is 128 Å². The van der Waals surface area contributed by atoms with Gasteiger partial charge >= 0.3 is 0 Å². The summed E-state index contributed by atoms with van der Waals surface area (Å²) in [5.41, 5.74) is 1.30. The molecular formula is C17H19N5O5S. The summed E-state index contributed by atoms with van der Waals surface area (Å²) in [4.78, 5) is 35.4. The van der Waals surface area contributed by atoms with Crippen LogP contribution < -0.4 is 10.6 Å². The van der Waals surface area contributed by atoms with E-state index < -0.39 is 10.8 Å². The zero-order valence-corrected chi connectivity index (χ0v) is 16.0. The smallest absolute Gasteiger partial charge is 0.282 e. The van der Waals surface area contributed by atoms with Gasteiger partial charge in [0.25, 0.3) is 11.6 Å². The van der Waals surface area contributed by atoms with E-state index in [2.05, 4.69) is 15.7 Å². The van der Waals surface area contributed by atoms with E-state index in [-0.39, 0.29) is 23.7 Å². The van der Waals surface area contributed by atoms with Crippen molar-refractivity contribution in [2.24, 2.45) is 0 Å². The van der Waals surface area contributed by atoms with E-state index in [1.807, 2.05) is 0 Å². The van der Waals surface area contributed by atoms with Crippen molar-refractivity contribution in [2.45, 2.75) is 18.1 Å². The normalized spacial score (nSPS) is 12.5. The van der Waals surface area contributed by atoms with Crippen LogP contribution in [-0.4, -0.2) is 46.8 Å². The number of amides is 2. The third kappa shape index (κ3) is 4.31. The van der Waals surface area contributed by atoms with Crippen molar-refractivity contribution >= 4 is 35.1 Å². The average Bonchev–Trinajstić information content (AvgIpc) is 3.24. The highest BCUT2D eigenvalue weighted by molar-refractivity contribution is 7.98. The summed E-state index contributed by atoms with van der Waals surface area (Å²) in [6.07, 6.45) is 0. The van der Waals surface area contributed by atoms with Crippen LogP contribution in [0, 0.1) is 10.1 Å². The van der Waals surface area contributed by atoms with Crippen LogP contribution in [0.15, 0.2) is 24.3 Å². The molecule has 0 bridgehead atoms. The number of nitro groups is 1. The lowest BCUT2D eigenvalue weighted by Gasteiger charge is -2.11. The molecule has 3 rings (SSSR count). The van der Waals surface area contributed by atoms with Gasteiger partial charge < -0.3 is 15.4 Å². The Morgan fingerprint density at radius 1 is 1.36 bits per heavy atom. The Balaban J connectivity index is 1.83. The van der Waals surface area contributed by atoms with Crippen LogP contribution in [0.2, 0.25) is 0 Å². The van der Waals surface area contributed by atoms with Gasteiger partial charge in [0, 0.05) is 36.8 Å². The molecular weight excluding hydrogens is 386 g/mol. The summed E-state index contributed by atoms with van der Waals surface area (Å²) in [6, 6.07) is 5.72. The molecule has 2 aromatic rings. The number of fused-ring (bicyclic) bond motifs is 1. The zero-order valence-electron chi connectivity index (χ0n) is 15.1. The largest absolute Gasteiger partial charge is 0.383 e. The first kappa shape index (κ1) is 19.8. The molecule has 1 aromatic heterocycles. The number of methoxy groups -OCH3 is 1. The van der Waals surface area contributed by atoms with E-state index in [4.69, 9.17) is 4.74 Å². The predicted octanol–water partition coefficient (Wildman–Crippen LogP) is 1.55. The predicted molar refractivity (Wildman–Crippen MR) is 103 cm³/mol.